The van der Waals surface area contributed by atoms with E-state index in [2.05, 4.69) is 28.8 Å². The number of imidazole rings is 1. The van der Waals surface area contributed by atoms with E-state index in [0.29, 0.717) is 12.1 Å². The number of ether oxygens (including phenoxy) is 1. The van der Waals surface area contributed by atoms with Crippen LogP contribution in [0.3, 0.4) is 0 Å². The van der Waals surface area contributed by atoms with Gasteiger partial charge in [-0.05, 0) is 38.1 Å². The van der Waals surface area contributed by atoms with Gasteiger partial charge in [0, 0.05) is 39.0 Å². The fourth-order valence-corrected chi connectivity index (χ4v) is 2.74. The Morgan fingerprint density at radius 3 is 2.84 bits per heavy atom. The Bertz CT molecular complexity index is 373. The van der Waals surface area contributed by atoms with Gasteiger partial charge in [-0.1, -0.05) is 6.92 Å². The van der Waals surface area contributed by atoms with Gasteiger partial charge in [-0.15, -0.1) is 0 Å². The van der Waals surface area contributed by atoms with E-state index in [-0.39, 0.29) is 0 Å². The highest BCUT2D eigenvalue weighted by molar-refractivity contribution is 4.95. The quantitative estimate of drug-likeness (QED) is 0.743. The van der Waals surface area contributed by atoms with Crippen molar-refractivity contribution in [2.24, 2.45) is 13.0 Å². The average molecular weight is 265 g/mol. The van der Waals surface area contributed by atoms with Crippen LogP contribution in [-0.2, 0) is 18.2 Å². The maximum absolute atomic E-state index is 5.74. The summed E-state index contributed by atoms with van der Waals surface area (Å²) in [6.45, 7) is 3.28. The molecule has 1 saturated carbocycles. The number of aromatic nitrogens is 2. The van der Waals surface area contributed by atoms with E-state index >= 15 is 0 Å². The number of methoxy groups -OCH3 is 1. The van der Waals surface area contributed by atoms with Crippen molar-refractivity contribution in [1.29, 1.82) is 0 Å². The number of nitrogens with zero attached hydrogens (tertiary/aromatic N) is 2. The van der Waals surface area contributed by atoms with Crippen LogP contribution in [0.15, 0.2) is 12.4 Å². The minimum Gasteiger partial charge on any atom is -0.380 e. The Morgan fingerprint density at radius 2 is 2.32 bits per heavy atom. The van der Waals surface area contributed by atoms with E-state index in [1.54, 1.807) is 0 Å². The molecule has 1 heterocycles. The molecule has 1 aromatic rings. The lowest BCUT2D eigenvalue weighted by Crippen LogP contribution is -2.43. The van der Waals surface area contributed by atoms with E-state index in [4.69, 9.17) is 4.74 Å². The molecule has 19 heavy (non-hydrogen) atoms. The summed E-state index contributed by atoms with van der Waals surface area (Å²) in [5.74, 6) is 1.93. The zero-order chi connectivity index (χ0) is 13.7. The summed E-state index contributed by atoms with van der Waals surface area (Å²) in [5, 5.41) is 3.66. The SMILES string of the molecule is CCCNC(CCc1nccn1C)C(OC)C1CC1. The number of hydrogen-bond donors (Lipinski definition) is 1. The fraction of sp³-hybridized carbons (Fsp3) is 0.800. The standard InChI is InChI=1S/C15H27N3O/c1-4-9-16-13(15(19-3)12-5-6-12)7-8-14-17-10-11-18(14)2/h10-13,15-16H,4-9H2,1-3H3. The molecule has 1 aromatic heterocycles. The van der Waals surface area contributed by atoms with E-state index in [9.17, 15) is 0 Å². The van der Waals surface area contributed by atoms with Crippen molar-refractivity contribution in [3.8, 4) is 0 Å². The van der Waals surface area contributed by atoms with Gasteiger partial charge in [-0.3, -0.25) is 0 Å². The average Bonchev–Trinajstić information content (AvgIpc) is 3.16. The van der Waals surface area contributed by atoms with Gasteiger partial charge in [-0.25, -0.2) is 4.98 Å². The molecule has 0 spiro atoms. The maximum atomic E-state index is 5.74. The molecule has 1 N–H and O–H groups in total. The minimum absolute atomic E-state index is 0.367. The topological polar surface area (TPSA) is 39.1 Å². The maximum Gasteiger partial charge on any atom is 0.108 e. The van der Waals surface area contributed by atoms with Crippen LogP contribution in [0.2, 0.25) is 0 Å². The van der Waals surface area contributed by atoms with Crippen LogP contribution in [0.1, 0.15) is 38.4 Å². The molecule has 4 nitrogen and oxygen atoms in total. The summed E-state index contributed by atoms with van der Waals surface area (Å²) in [5.41, 5.74) is 0. The fourth-order valence-electron chi connectivity index (χ4n) is 2.74. The summed E-state index contributed by atoms with van der Waals surface area (Å²) >= 11 is 0. The van der Waals surface area contributed by atoms with Crippen LogP contribution < -0.4 is 5.32 Å². The lowest BCUT2D eigenvalue weighted by atomic mass is 10.0. The first-order chi connectivity index (χ1) is 9.26. The number of nitrogens with one attached hydrogen (secondary N) is 1. The second kappa shape index (κ2) is 7.06. The summed E-state index contributed by atoms with van der Waals surface area (Å²) < 4.78 is 7.85. The van der Waals surface area contributed by atoms with Crippen LogP contribution in [-0.4, -0.2) is 35.4 Å². The molecule has 1 aliphatic rings. The van der Waals surface area contributed by atoms with E-state index in [1.807, 2.05) is 19.5 Å². The summed E-state index contributed by atoms with van der Waals surface area (Å²) in [4.78, 5) is 4.41. The molecular formula is C15H27N3O. The van der Waals surface area contributed by atoms with Gasteiger partial charge in [0.25, 0.3) is 0 Å². The molecule has 0 amide bonds. The Labute approximate surface area is 116 Å². The van der Waals surface area contributed by atoms with Crippen LogP contribution in [0, 0.1) is 5.92 Å². The summed E-state index contributed by atoms with van der Waals surface area (Å²) in [7, 11) is 3.91. The Balaban J connectivity index is 1.90. The lowest BCUT2D eigenvalue weighted by molar-refractivity contribution is 0.0483. The number of hydrogen-bond acceptors (Lipinski definition) is 3. The Hall–Kier alpha value is -0.870. The second-order valence-electron chi connectivity index (χ2n) is 5.59. The summed E-state index contributed by atoms with van der Waals surface area (Å²) in [6.07, 6.45) is 10.2. The zero-order valence-electron chi connectivity index (χ0n) is 12.4. The minimum atomic E-state index is 0.367. The zero-order valence-corrected chi connectivity index (χ0v) is 12.4. The monoisotopic (exact) mass is 265 g/mol. The van der Waals surface area contributed by atoms with Crippen molar-refractivity contribution in [3.05, 3.63) is 18.2 Å². The third-order valence-corrected chi connectivity index (χ3v) is 4.01. The lowest BCUT2D eigenvalue weighted by Gasteiger charge is -2.27. The van der Waals surface area contributed by atoms with Gasteiger partial charge >= 0.3 is 0 Å². The predicted octanol–water partition coefficient (Wildman–Crippen LogP) is 2.15. The highest BCUT2D eigenvalue weighted by atomic mass is 16.5. The normalized spacial score (nSPS) is 18.5. The smallest absolute Gasteiger partial charge is 0.108 e. The van der Waals surface area contributed by atoms with Crippen molar-refractivity contribution < 1.29 is 4.74 Å². The third kappa shape index (κ3) is 4.05. The summed E-state index contributed by atoms with van der Waals surface area (Å²) in [6, 6.07) is 0.453. The largest absolute Gasteiger partial charge is 0.380 e. The molecule has 1 fully saturated rings. The van der Waals surface area contributed by atoms with Gasteiger partial charge in [0.15, 0.2) is 0 Å². The van der Waals surface area contributed by atoms with E-state index < -0.39 is 0 Å². The molecule has 2 unspecified atom stereocenters. The van der Waals surface area contributed by atoms with Crippen LogP contribution in [0.4, 0.5) is 0 Å². The van der Waals surface area contributed by atoms with Crippen molar-refractivity contribution in [2.75, 3.05) is 13.7 Å². The molecule has 0 aliphatic heterocycles. The molecule has 0 radical (unpaired) electrons. The molecule has 0 saturated heterocycles. The predicted molar refractivity (Wildman–Crippen MR) is 77.1 cm³/mol. The van der Waals surface area contributed by atoms with Gasteiger partial charge in [0.1, 0.15) is 5.82 Å². The Kier molecular flexibility index (Phi) is 5.40. The number of rotatable bonds is 9. The second-order valence-corrected chi connectivity index (χ2v) is 5.59. The van der Waals surface area contributed by atoms with Crippen LogP contribution in [0.5, 0.6) is 0 Å². The van der Waals surface area contributed by atoms with Crippen LogP contribution in [0.25, 0.3) is 0 Å². The first kappa shape index (κ1) is 14.5. The Morgan fingerprint density at radius 1 is 1.53 bits per heavy atom. The van der Waals surface area contributed by atoms with Crippen molar-refractivity contribution in [1.82, 2.24) is 14.9 Å². The first-order valence-corrected chi connectivity index (χ1v) is 7.48. The van der Waals surface area contributed by atoms with Crippen LogP contribution >= 0.6 is 0 Å². The molecule has 1 aliphatic carbocycles. The van der Waals surface area contributed by atoms with Gasteiger partial charge in [-0.2, -0.15) is 0 Å². The first-order valence-electron chi connectivity index (χ1n) is 7.48. The molecular weight excluding hydrogens is 238 g/mol. The third-order valence-electron chi connectivity index (χ3n) is 4.01. The molecule has 108 valence electrons. The number of aryl methyl sites for hydroxylation is 2. The van der Waals surface area contributed by atoms with E-state index in [1.165, 1.54) is 19.3 Å². The molecule has 4 heteroatoms. The van der Waals surface area contributed by atoms with E-state index in [0.717, 1.165) is 31.1 Å². The van der Waals surface area contributed by atoms with Crippen molar-refractivity contribution >= 4 is 0 Å². The highest BCUT2D eigenvalue weighted by Crippen LogP contribution is 2.36. The van der Waals surface area contributed by atoms with Gasteiger partial charge in [0.05, 0.1) is 6.10 Å². The van der Waals surface area contributed by atoms with Gasteiger partial charge < -0.3 is 14.6 Å². The molecule has 0 aromatic carbocycles. The molecule has 2 rings (SSSR count). The molecule has 2 atom stereocenters. The van der Waals surface area contributed by atoms with Crippen molar-refractivity contribution in [2.45, 2.75) is 51.2 Å². The molecule has 0 bridgehead atoms. The highest BCUT2D eigenvalue weighted by Gasteiger charge is 2.36. The van der Waals surface area contributed by atoms with Gasteiger partial charge in [0.2, 0.25) is 0 Å². The van der Waals surface area contributed by atoms with Crippen molar-refractivity contribution in [3.63, 3.8) is 0 Å².